The van der Waals surface area contributed by atoms with Crippen molar-refractivity contribution in [2.24, 2.45) is 0 Å². The Labute approximate surface area is 396 Å². The van der Waals surface area contributed by atoms with Gasteiger partial charge in [0.05, 0.1) is 238 Å². The molecule has 5 N–H and O–H groups in total. The molecular weight excluding hydrogens is 939 g/mol. The molecule has 0 amide bonds. The Morgan fingerprint density at radius 3 is 0.615 bits per heavy atom. The van der Waals surface area contributed by atoms with E-state index in [1.165, 1.54) is 0 Å². The van der Waals surface area contributed by atoms with Crippen molar-refractivity contribution in [2.45, 2.75) is 18.3 Å². The summed E-state index contributed by atoms with van der Waals surface area (Å²) in [6.07, 6.45) is -1.34. The van der Waals surface area contributed by atoms with Gasteiger partial charge < -0.3 is 106 Å². The largest absolute Gasteiger partial charge is 0.394 e. The van der Waals surface area contributed by atoms with E-state index in [0.717, 1.165) is 0 Å². The third kappa shape index (κ3) is 59.9. The molecule has 0 fully saturated rings. The summed E-state index contributed by atoms with van der Waals surface area (Å²) < 4.78 is 105. The second-order valence-electron chi connectivity index (χ2n) is 12.6. The number of rotatable bonds is 55. The molecule has 0 aliphatic carbocycles. The predicted molar refractivity (Wildman–Crippen MR) is 236 cm³/mol. The summed E-state index contributed by atoms with van der Waals surface area (Å²) in [5.41, 5.74) is 0. The molecule has 2 atom stereocenters. The van der Waals surface area contributed by atoms with Crippen LogP contribution in [-0.2, 0) is 89.8 Å². The number of hydrogen-bond donors (Lipinski definition) is 5. The summed E-state index contributed by atoms with van der Waals surface area (Å²) in [5.74, 6) is 0. The van der Waals surface area contributed by atoms with Gasteiger partial charge in [-0.05, 0) is 0 Å². The van der Waals surface area contributed by atoms with Gasteiger partial charge in [0.2, 0.25) is 9.23 Å². The molecule has 0 aromatic rings. The van der Waals surface area contributed by atoms with E-state index < -0.39 is 27.5 Å². The van der Waals surface area contributed by atoms with Crippen LogP contribution >= 0.6 is 21.4 Å². The third-order valence-electron chi connectivity index (χ3n) is 7.35. The maximum Gasteiger partial charge on any atom is 0.211 e. The lowest BCUT2D eigenvalue weighted by atomic mass is 10.3. The van der Waals surface area contributed by atoms with Crippen molar-refractivity contribution in [3.63, 3.8) is 0 Å². The minimum absolute atomic E-state index is 0.0403. The smallest absolute Gasteiger partial charge is 0.211 e. The number of hydrogen-bond acceptors (Lipinski definition) is 23. The molecular formula is C39H80Cl2O23S. The van der Waals surface area contributed by atoms with E-state index in [4.69, 9.17) is 110 Å². The fourth-order valence-corrected chi connectivity index (χ4v) is 4.51. The van der Waals surface area contributed by atoms with E-state index in [0.29, 0.717) is 112 Å². The van der Waals surface area contributed by atoms with Gasteiger partial charge in [-0.3, -0.25) is 0 Å². The standard InChI is InChI=1S/C39H80O22.Cl2OS/c40-1-6-45-11-16-50-21-23-55-31-37(59-28-25-52-18-13-47-8-3-42)33-57-35-39(61-30-27-54-20-15-49-10-5-44)36-58-34-38(60-29-26-53-19-14-48-9-4-43)32-56-24-22-51-17-12-46-7-2-41;1-4(2)3/h37-44H,1-36H2;. The van der Waals surface area contributed by atoms with Crippen molar-refractivity contribution in [1.82, 2.24) is 0 Å². The zero-order valence-electron chi connectivity index (χ0n) is 37.9. The van der Waals surface area contributed by atoms with Crippen molar-refractivity contribution in [1.29, 1.82) is 0 Å². The normalized spacial score (nSPS) is 13.0. The van der Waals surface area contributed by atoms with Gasteiger partial charge in [0.25, 0.3) is 0 Å². The van der Waals surface area contributed by atoms with Crippen LogP contribution in [0.5, 0.6) is 0 Å². The highest BCUT2D eigenvalue weighted by atomic mass is 36.0. The van der Waals surface area contributed by atoms with Crippen LogP contribution in [0, 0.1) is 0 Å². The lowest BCUT2D eigenvalue weighted by Gasteiger charge is -2.23. The molecule has 0 saturated carbocycles. The van der Waals surface area contributed by atoms with Crippen LogP contribution in [0.25, 0.3) is 0 Å². The zero-order valence-corrected chi connectivity index (χ0v) is 40.3. The first-order valence-corrected chi connectivity index (χ1v) is 24.5. The summed E-state index contributed by atoms with van der Waals surface area (Å²) in [4.78, 5) is 0. The lowest BCUT2D eigenvalue weighted by Crippen LogP contribution is -2.34. The first-order chi connectivity index (χ1) is 31.9. The second kappa shape index (κ2) is 60.0. The maximum atomic E-state index is 9.09. The van der Waals surface area contributed by atoms with Crippen LogP contribution in [0.1, 0.15) is 0 Å². The fraction of sp³-hybridized carbons (Fsp3) is 1.00. The number of aliphatic hydroxyl groups is 5. The Morgan fingerprint density at radius 2 is 0.415 bits per heavy atom. The summed E-state index contributed by atoms with van der Waals surface area (Å²) in [6.45, 7) is 9.06. The van der Waals surface area contributed by atoms with Gasteiger partial charge in [0, 0.05) is 21.4 Å². The molecule has 0 spiro atoms. The summed E-state index contributed by atoms with van der Waals surface area (Å²) in [6, 6.07) is 0. The predicted octanol–water partition coefficient (Wildman–Crippen LogP) is -1.62. The van der Waals surface area contributed by atoms with Crippen LogP contribution in [-0.4, -0.2) is 286 Å². The first-order valence-electron chi connectivity index (χ1n) is 21.7. The van der Waals surface area contributed by atoms with Gasteiger partial charge in [0.1, 0.15) is 18.3 Å². The van der Waals surface area contributed by atoms with Gasteiger partial charge in [-0.15, -0.1) is 0 Å². The molecule has 23 nitrogen and oxygen atoms in total. The van der Waals surface area contributed by atoms with E-state index >= 15 is 0 Å². The Morgan fingerprint density at radius 1 is 0.262 bits per heavy atom. The van der Waals surface area contributed by atoms with Crippen LogP contribution in [0.4, 0.5) is 0 Å². The summed E-state index contributed by atoms with van der Waals surface area (Å²) in [7, 11) is 7.36. The highest BCUT2D eigenvalue weighted by molar-refractivity contribution is 8.26. The van der Waals surface area contributed by atoms with Gasteiger partial charge in [-0.25, -0.2) is 4.21 Å². The molecule has 0 aliphatic heterocycles. The Bertz CT molecular complexity index is 847. The summed E-state index contributed by atoms with van der Waals surface area (Å²) in [5, 5.41) is 44.2. The van der Waals surface area contributed by atoms with E-state index in [1.807, 2.05) is 0 Å². The minimum Gasteiger partial charge on any atom is -0.394 e. The highest BCUT2D eigenvalue weighted by Crippen LogP contribution is 2.04. The Kier molecular flexibility index (Phi) is 61.8. The van der Waals surface area contributed by atoms with Crippen LogP contribution in [0.2, 0.25) is 0 Å². The van der Waals surface area contributed by atoms with Gasteiger partial charge in [-0.2, -0.15) is 0 Å². The second-order valence-corrected chi connectivity index (χ2v) is 15.2. The number of ether oxygens (including phenoxy) is 17. The van der Waals surface area contributed by atoms with Crippen molar-refractivity contribution < 1.29 is 110 Å². The molecule has 0 aliphatic rings. The van der Waals surface area contributed by atoms with Gasteiger partial charge >= 0.3 is 0 Å². The average molecular weight is 1020 g/mol. The van der Waals surface area contributed by atoms with E-state index in [9.17, 15) is 0 Å². The molecule has 26 heteroatoms. The van der Waals surface area contributed by atoms with Crippen molar-refractivity contribution in [3.8, 4) is 0 Å². The number of aliphatic hydroxyl groups excluding tert-OH is 5. The minimum atomic E-state index is -1.67. The van der Waals surface area contributed by atoms with Crippen molar-refractivity contribution in [3.05, 3.63) is 0 Å². The molecule has 65 heavy (non-hydrogen) atoms. The molecule has 0 aromatic carbocycles. The lowest BCUT2D eigenvalue weighted by molar-refractivity contribution is -0.121. The molecule has 0 saturated heterocycles. The molecule has 0 heterocycles. The summed E-state index contributed by atoms with van der Waals surface area (Å²) >= 11 is 0. The maximum absolute atomic E-state index is 9.09. The Hall–Kier alpha value is -0.150. The quantitative estimate of drug-likeness (QED) is 0.0338. The first kappa shape index (κ1) is 66.9. The topological polar surface area (TPSA) is 275 Å². The van der Waals surface area contributed by atoms with Crippen LogP contribution < -0.4 is 0 Å². The van der Waals surface area contributed by atoms with Crippen molar-refractivity contribution >= 4 is 30.6 Å². The number of halogens is 2. The van der Waals surface area contributed by atoms with Crippen LogP contribution in [0.3, 0.4) is 0 Å². The van der Waals surface area contributed by atoms with E-state index in [-0.39, 0.29) is 126 Å². The monoisotopic (exact) mass is 1020 g/mol. The molecule has 0 aromatic heterocycles. The third-order valence-corrected chi connectivity index (χ3v) is 7.35. The van der Waals surface area contributed by atoms with Gasteiger partial charge in [0.15, 0.2) is 0 Å². The molecule has 0 rings (SSSR count). The van der Waals surface area contributed by atoms with Crippen LogP contribution in [0.15, 0.2) is 0 Å². The fourth-order valence-electron chi connectivity index (χ4n) is 4.51. The average Bonchev–Trinajstić information content (AvgIpc) is 3.29. The van der Waals surface area contributed by atoms with E-state index in [1.54, 1.807) is 0 Å². The molecule has 394 valence electrons. The molecule has 2 unspecified atom stereocenters. The van der Waals surface area contributed by atoms with Gasteiger partial charge in [-0.1, -0.05) is 0 Å². The molecule has 0 bridgehead atoms. The Balaban J connectivity index is 0. The zero-order chi connectivity index (χ0) is 47.8. The highest BCUT2D eigenvalue weighted by Gasteiger charge is 2.17. The molecule has 0 radical (unpaired) electrons. The SMILES string of the molecule is O=S(Cl)Cl.OCCOCCOCCOCC(COCC(COCC(COCCOCCOCCO)OCCOCCOCCO)OCCOCCOCCO)OCCOCCOCCO. The van der Waals surface area contributed by atoms with E-state index in [2.05, 4.69) is 21.4 Å². The van der Waals surface area contributed by atoms with Crippen molar-refractivity contribution in [2.75, 3.05) is 238 Å².